The number of hydrogen-bond donors (Lipinski definition) is 1. The van der Waals surface area contributed by atoms with Gasteiger partial charge in [0.05, 0.1) is 29.2 Å². The smallest absolute Gasteiger partial charge is 0.256 e. The number of nitrogens with zero attached hydrogens (tertiary/aromatic N) is 6. The number of anilines is 1. The zero-order valence-corrected chi connectivity index (χ0v) is 20.8. The highest BCUT2D eigenvalue weighted by Gasteiger charge is 2.25. The van der Waals surface area contributed by atoms with Crippen molar-refractivity contribution in [3.05, 3.63) is 77.5 Å². The molecule has 1 aromatic carbocycles. The van der Waals surface area contributed by atoms with Crippen LogP contribution in [0.2, 0.25) is 0 Å². The van der Waals surface area contributed by atoms with E-state index >= 15 is 4.39 Å². The van der Waals surface area contributed by atoms with E-state index in [-0.39, 0.29) is 11.5 Å². The number of aromatic nitrogens is 4. The first kappa shape index (κ1) is 24.5. The second-order valence-electron chi connectivity index (χ2n) is 9.07. The molecule has 4 aromatic rings. The zero-order valence-electron chi connectivity index (χ0n) is 20.8. The summed E-state index contributed by atoms with van der Waals surface area (Å²) >= 11 is 0. The largest absolute Gasteiger partial charge is 0.384 e. The third-order valence-corrected chi connectivity index (χ3v) is 6.52. The number of nitrogen functional groups attached to an aromatic ring is 1. The van der Waals surface area contributed by atoms with E-state index in [1.54, 1.807) is 23.2 Å². The molecule has 0 unspecified atom stereocenters. The Bertz CT molecular complexity index is 1410. The van der Waals surface area contributed by atoms with Crippen molar-refractivity contribution in [3.8, 4) is 22.4 Å². The van der Waals surface area contributed by atoms with Crippen molar-refractivity contribution in [2.45, 2.75) is 26.8 Å². The van der Waals surface area contributed by atoms with Crippen LogP contribution in [0.15, 0.2) is 53.4 Å². The fourth-order valence-electron chi connectivity index (χ4n) is 4.59. The van der Waals surface area contributed by atoms with Gasteiger partial charge in [-0.1, -0.05) is 18.1 Å². The number of piperazine rings is 1. The van der Waals surface area contributed by atoms with E-state index in [1.165, 1.54) is 18.5 Å². The summed E-state index contributed by atoms with van der Waals surface area (Å²) in [5.41, 5.74) is 10.2. The van der Waals surface area contributed by atoms with Gasteiger partial charge in [0, 0.05) is 55.1 Å². The number of nitrogens with two attached hydrogens (primary N) is 1. The highest BCUT2D eigenvalue weighted by molar-refractivity contribution is 5.95. The van der Waals surface area contributed by atoms with E-state index < -0.39 is 5.82 Å². The first-order chi connectivity index (χ1) is 17.9. The maximum absolute atomic E-state index is 15.3. The molecule has 5 rings (SSSR count). The van der Waals surface area contributed by atoms with Crippen molar-refractivity contribution < 1.29 is 13.7 Å². The summed E-state index contributed by atoms with van der Waals surface area (Å²) in [7, 11) is 0. The van der Waals surface area contributed by atoms with Crippen LogP contribution in [0.1, 0.15) is 34.4 Å². The molecule has 37 heavy (non-hydrogen) atoms. The Labute approximate surface area is 214 Å². The summed E-state index contributed by atoms with van der Waals surface area (Å²) in [6.07, 6.45) is 3.80. The number of rotatable bonds is 6. The van der Waals surface area contributed by atoms with Gasteiger partial charge in [-0.05, 0) is 37.6 Å². The van der Waals surface area contributed by atoms with Crippen LogP contribution in [0.3, 0.4) is 0 Å². The molecule has 190 valence electrons. The van der Waals surface area contributed by atoms with Gasteiger partial charge in [-0.25, -0.2) is 19.3 Å². The van der Waals surface area contributed by atoms with Crippen LogP contribution in [0, 0.1) is 12.7 Å². The second kappa shape index (κ2) is 10.4. The van der Waals surface area contributed by atoms with Crippen molar-refractivity contribution in [3.63, 3.8) is 0 Å². The number of amides is 1. The Morgan fingerprint density at radius 1 is 1.05 bits per heavy atom. The molecule has 1 aliphatic rings. The predicted molar refractivity (Wildman–Crippen MR) is 137 cm³/mol. The van der Waals surface area contributed by atoms with Crippen LogP contribution in [-0.4, -0.2) is 62.0 Å². The van der Waals surface area contributed by atoms with Gasteiger partial charge in [-0.3, -0.25) is 9.69 Å². The predicted octanol–water partition coefficient (Wildman–Crippen LogP) is 3.74. The SMILES string of the molecule is CCc1ncnc(-c2ccc(C(=O)N3CCN(Cc4cc(C)no4)CC3)c(F)c2)c1-c1ccc(N)nc1. The third kappa shape index (κ3) is 5.19. The molecule has 9 nitrogen and oxygen atoms in total. The quantitative estimate of drug-likeness (QED) is 0.425. The molecule has 0 atom stereocenters. The minimum absolute atomic E-state index is 0.0449. The summed E-state index contributed by atoms with van der Waals surface area (Å²) in [6, 6.07) is 10.1. The fraction of sp³-hybridized carbons (Fsp3) is 0.296. The van der Waals surface area contributed by atoms with Crippen LogP contribution >= 0.6 is 0 Å². The normalized spacial score (nSPS) is 14.2. The summed E-state index contributed by atoms with van der Waals surface area (Å²) in [6.45, 7) is 6.87. The third-order valence-electron chi connectivity index (χ3n) is 6.52. The highest BCUT2D eigenvalue weighted by atomic mass is 19.1. The second-order valence-corrected chi connectivity index (χ2v) is 9.07. The molecule has 4 heterocycles. The first-order valence-corrected chi connectivity index (χ1v) is 12.2. The fourth-order valence-corrected chi connectivity index (χ4v) is 4.59. The Morgan fingerprint density at radius 3 is 2.49 bits per heavy atom. The molecule has 0 saturated carbocycles. The Kier molecular flexibility index (Phi) is 6.91. The Balaban J connectivity index is 1.35. The topological polar surface area (TPSA) is 114 Å². The van der Waals surface area contributed by atoms with Crippen molar-refractivity contribution in [1.82, 2.24) is 29.9 Å². The Morgan fingerprint density at radius 2 is 1.84 bits per heavy atom. The summed E-state index contributed by atoms with van der Waals surface area (Å²) in [4.78, 5) is 30.1. The summed E-state index contributed by atoms with van der Waals surface area (Å²) in [5.74, 6) is 0.297. The lowest BCUT2D eigenvalue weighted by atomic mass is 9.96. The number of hydrogen-bond acceptors (Lipinski definition) is 8. The van der Waals surface area contributed by atoms with Gasteiger partial charge in [0.1, 0.15) is 18.0 Å². The summed E-state index contributed by atoms with van der Waals surface area (Å²) < 4.78 is 20.6. The van der Waals surface area contributed by atoms with Gasteiger partial charge < -0.3 is 15.2 Å². The highest BCUT2D eigenvalue weighted by Crippen LogP contribution is 2.33. The van der Waals surface area contributed by atoms with Gasteiger partial charge in [0.25, 0.3) is 5.91 Å². The minimum Gasteiger partial charge on any atom is -0.384 e. The average molecular weight is 502 g/mol. The van der Waals surface area contributed by atoms with E-state index in [9.17, 15) is 4.79 Å². The molecule has 1 aliphatic heterocycles. The molecular weight excluding hydrogens is 473 g/mol. The van der Waals surface area contributed by atoms with E-state index in [1.807, 2.05) is 26.0 Å². The van der Waals surface area contributed by atoms with Crippen LogP contribution in [-0.2, 0) is 13.0 Å². The molecule has 0 aliphatic carbocycles. The number of benzene rings is 1. The van der Waals surface area contributed by atoms with Crippen LogP contribution in [0.25, 0.3) is 22.4 Å². The van der Waals surface area contributed by atoms with E-state index in [2.05, 4.69) is 25.0 Å². The van der Waals surface area contributed by atoms with Crippen molar-refractivity contribution in [2.24, 2.45) is 0 Å². The van der Waals surface area contributed by atoms with Crippen molar-refractivity contribution in [2.75, 3.05) is 31.9 Å². The maximum atomic E-state index is 15.3. The molecule has 2 N–H and O–H groups in total. The van der Waals surface area contributed by atoms with E-state index in [0.717, 1.165) is 28.3 Å². The number of carbonyl (C=O) groups is 1. The zero-order chi connectivity index (χ0) is 25.9. The molecule has 3 aromatic heterocycles. The van der Waals surface area contributed by atoms with Crippen molar-refractivity contribution >= 4 is 11.7 Å². The lowest BCUT2D eigenvalue weighted by Gasteiger charge is -2.34. The molecule has 10 heteroatoms. The molecule has 1 fully saturated rings. The van der Waals surface area contributed by atoms with Gasteiger partial charge in [-0.2, -0.15) is 0 Å². The molecule has 0 radical (unpaired) electrons. The molecule has 0 bridgehead atoms. The van der Waals surface area contributed by atoms with Crippen LogP contribution < -0.4 is 5.73 Å². The Hall–Kier alpha value is -4.18. The maximum Gasteiger partial charge on any atom is 0.256 e. The summed E-state index contributed by atoms with van der Waals surface area (Å²) in [5, 5.41) is 3.92. The van der Waals surface area contributed by atoms with Gasteiger partial charge in [0.15, 0.2) is 5.76 Å². The first-order valence-electron chi connectivity index (χ1n) is 12.2. The number of pyridine rings is 1. The van der Waals surface area contributed by atoms with Gasteiger partial charge in [0.2, 0.25) is 0 Å². The lowest BCUT2D eigenvalue weighted by Crippen LogP contribution is -2.48. The van der Waals surface area contributed by atoms with Crippen molar-refractivity contribution in [1.29, 1.82) is 0 Å². The number of halogens is 1. The average Bonchev–Trinajstić information content (AvgIpc) is 3.33. The standard InChI is InChI=1S/C27H28FN7O2/c1-3-23-25(19-5-7-24(29)30-14-19)26(32-16-31-23)18-4-6-21(22(28)13-18)27(36)35-10-8-34(9-11-35)15-20-12-17(2)33-37-20/h4-7,12-14,16H,3,8-11,15H2,1-2H3,(H2,29,30). The lowest BCUT2D eigenvalue weighted by molar-refractivity contribution is 0.0613. The van der Waals surface area contributed by atoms with E-state index in [0.29, 0.717) is 56.2 Å². The number of carbonyl (C=O) groups excluding carboxylic acids is 1. The molecule has 1 amide bonds. The van der Waals surface area contributed by atoms with Crippen LogP contribution in [0.4, 0.5) is 10.2 Å². The number of aryl methyl sites for hydroxylation is 2. The minimum atomic E-state index is -0.583. The van der Waals surface area contributed by atoms with Gasteiger partial charge in [-0.15, -0.1) is 0 Å². The molecular formula is C27H28FN7O2. The monoisotopic (exact) mass is 501 g/mol. The van der Waals surface area contributed by atoms with E-state index in [4.69, 9.17) is 10.3 Å². The molecule has 1 saturated heterocycles. The molecule has 0 spiro atoms. The van der Waals surface area contributed by atoms with Crippen LogP contribution in [0.5, 0.6) is 0 Å². The van der Waals surface area contributed by atoms with Gasteiger partial charge >= 0.3 is 0 Å².